The van der Waals surface area contributed by atoms with Gasteiger partial charge in [-0.05, 0) is 38.4 Å². The summed E-state index contributed by atoms with van der Waals surface area (Å²) in [5.41, 5.74) is 4.57. The summed E-state index contributed by atoms with van der Waals surface area (Å²) in [6.45, 7) is 6.57. The molecule has 0 spiro atoms. The van der Waals surface area contributed by atoms with Crippen LogP contribution in [0.3, 0.4) is 0 Å². The van der Waals surface area contributed by atoms with Crippen molar-refractivity contribution in [3.8, 4) is 0 Å². The Morgan fingerprint density at radius 2 is 2.19 bits per heavy atom. The highest BCUT2D eigenvalue weighted by Crippen LogP contribution is 2.17. The van der Waals surface area contributed by atoms with Crippen LogP contribution >= 0.6 is 11.3 Å². The lowest BCUT2D eigenvalue weighted by atomic mass is 10.1. The van der Waals surface area contributed by atoms with Crippen LogP contribution in [0.2, 0.25) is 0 Å². The molecule has 0 amide bonds. The van der Waals surface area contributed by atoms with Gasteiger partial charge in [-0.25, -0.2) is 4.98 Å². The van der Waals surface area contributed by atoms with Gasteiger partial charge >= 0.3 is 0 Å². The maximum Gasteiger partial charge on any atom is 0.0798 e. The second-order valence-corrected chi connectivity index (χ2v) is 6.73. The number of nitrogens with one attached hydrogen (secondary N) is 1. The van der Waals surface area contributed by atoms with E-state index in [-0.39, 0.29) is 0 Å². The van der Waals surface area contributed by atoms with Crippen LogP contribution in [0.15, 0.2) is 35.8 Å². The first-order chi connectivity index (χ1) is 10.3. The third-order valence-corrected chi connectivity index (χ3v) is 5.02. The molecule has 21 heavy (non-hydrogen) atoms. The molecule has 1 aliphatic rings. The number of rotatable bonds is 4. The predicted octanol–water partition coefficient (Wildman–Crippen LogP) is 2.86. The highest BCUT2D eigenvalue weighted by Gasteiger charge is 2.19. The van der Waals surface area contributed by atoms with Crippen LogP contribution in [-0.4, -0.2) is 35.6 Å². The van der Waals surface area contributed by atoms with Crippen molar-refractivity contribution in [1.29, 1.82) is 0 Å². The van der Waals surface area contributed by atoms with Crippen molar-refractivity contribution in [2.75, 3.05) is 19.6 Å². The topological polar surface area (TPSA) is 28.2 Å². The quantitative estimate of drug-likeness (QED) is 0.941. The molecule has 4 heteroatoms. The normalized spacial score (nSPS) is 20.3. The molecule has 1 aromatic heterocycles. The minimum absolute atomic E-state index is 0.545. The molecule has 0 aliphatic carbocycles. The number of aromatic nitrogens is 1. The first kappa shape index (κ1) is 14.7. The number of nitrogens with zero attached hydrogens (tertiary/aromatic N) is 2. The molecule has 0 radical (unpaired) electrons. The fourth-order valence-electron chi connectivity index (χ4n) is 2.94. The Morgan fingerprint density at radius 3 is 2.95 bits per heavy atom. The molecule has 112 valence electrons. The Labute approximate surface area is 131 Å². The van der Waals surface area contributed by atoms with Crippen molar-refractivity contribution in [2.45, 2.75) is 32.4 Å². The maximum atomic E-state index is 4.37. The molecule has 2 aromatic rings. The first-order valence-electron chi connectivity index (χ1n) is 7.70. The summed E-state index contributed by atoms with van der Waals surface area (Å²) in [4.78, 5) is 8.36. The zero-order valence-corrected chi connectivity index (χ0v) is 13.4. The van der Waals surface area contributed by atoms with E-state index in [1.54, 1.807) is 11.3 Å². The van der Waals surface area contributed by atoms with E-state index in [2.05, 4.69) is 52.5 Å². The van der Waals surface area contributed by atoms with Crippen LogP contribution in [0.25, 0.3) is 0 Å². The summed E-state index contributed by atoms with van der Waals surface area (Å²) < 4.78 is 0. The lowest BCUT2D eigenvalue weighted by Gasteiger charge is -2.24. The van der Waals surface area contributed by atoms with Crippen LogP contribution in [0.1, 0.15) is 22.6 Å². The number of hydrogen-bond acceptors (Lipinski definition) is 4. The Kier molecular flexibility index (Phi) is 5.01. The van der Waals surface area contributed by atoms with Gasteiger partial charge in [-0.3, -0.25) is 4.90 Å². The largest absolute Gasteiger partial charge is 0.312 e. The summed E-state index contributed by atoms with van der Waals surface area (Å²) in [5, 5.41) is 3.70. The van der Waals surface area contributed by atoms with Gasteiger partial charge < -0.3 is 5.32 Å². The number of hydrogen-bond donors (Lipinski definition) is 1. The fourth-order valence-corrected chi connectivity index (χ4v) is 3.75. The third-order valence-electron chi connectivity index (χ3n) is 4.10. The SMILES string of the molecule is Cc1ncsc1CN1CCCNC(Cc2ccccc2)C1. The molecular formula is C17H23N3S. The minimum Gasteiger partial charge on any atom is -0.312 e. The fraction of sp³-hybridized carbons (Fsp3) is 0.471. The van der Waals surface area contributed by atoms with Crippen LogP contribution in [0.4, 0.5) is 0 Å². The van der Waals surface area contributed by atoms with Crippen LogP contribution in [0.5, 0.6) is 0 Å². The van der Waals surface area contributed by atoms with Crippen molar-refractivity contribution in [1.82, 2.24) is 15.2 Å². The zero-order valence-electron chi connectivity index (χ0n) is 12.6. The standard InChI is InChI=1S/C17H23N3S/c1-14-17(21-13-19-14)12-20-9-5-8-18-16(11-20)10-15-6-3-2-4-7-15/h2-4,6-7,13,16,18H,5,8-12H2,1H3. The van der Waals surface area contributed by atoms with E-state index < -0.39 is 0 Å². The van der Waals surface area contributed by atoms with Crippen LogP contribution in [0, 0.1) is 6.92 Å². The molecule has 1 aliphatic heterocycles. The smallest absolute Gasteiger partial charge is 0.0798 e. The average molecular weight is 301 g/mol. The van der Waals surface area contributed by atoms with Gasteiger partial charge in [0.2, 0.25) is 0 Å². The highest BCUT2D eigenvalue weighted by atomic mass is 32.1. The third kappa shape index (κ3) is 4.13. The molecule has 2 heterocycles. The average Bonchev–Trinajstić information content (AvgIpc) is 2.76. The van der Waals surface area contributed by atoms with Gasteiger partial charge in [-0.2, -0.15) is 0 Å². The van der Waals surface area contributed by atoms with Crippen molar-refractivity contribution >= 4 is 11.3 Å². The first-order valence-corrected chi connectivity index (χ1v) is 8.58. The predicted molar refractivity (Wildman–Crippen MR) is 88.7 cm³/mol. The van der Waals surface area contributed by atoms with E-state index in [4.69, 9.17) is 0 Å². The van der Waals surface area contributed by atoms with Gasteiger partial charge in [0.05, 0.1) is 11.2 Å². The summed E-state index contributed by atoms with van der Waals surface area (Å²) in [7, 11) is 0. The molecule has 3 rings (SSSR count). The Morgan fingerprint density at radius 1 is 1.33 bits per heavy atom. The van der Waals surface area contributed by atoms with E-state index in [1.165, 1.54) is 29.1 Å². The maximum absolute atomic E-state index is 4.37. The van der Waals surface area contributed by atoms with Gasteiger partial charge in [-0.1, -0.05) is 30.3 Å². The lowest BCUT2D eigenvalue weighted by molar-refractivity contribution is 0.260. The zero-order chi connectivity index (χ0) is 14.5. The molecule has 1 fully saturated rings. The number of thiazole rings is 1. The van der Waals surface area contributed by atoms with E-state index in [0.29, 0.717) is 6.04 Å². The van der Waals surface area contributed by atoms with E-state index in [1.807, 2.05) is 5.51 Å². The molecule has 1 N–H and O–H groups in total. The molecule has 1 unspecified atom stereocenters. The van der Waals surface area contributed by atoms with Gasteiger partial charge in [0.1, 0.15) is 0 Å². The molecule has 1 atom stereocenters. The molecule has 1 aromatic carbocycles. The van der Waals surface area contributed by atoms with Gasteiger partial charge in [-0.15, -0.1) is 11.3 Å². The lowest BCUT2D eigenvalue weighted by Crippen LogP contribution is -2.38. The summed E-state index contributed by atoms with van der Waals surface area (Å²) in [6, 6.07) is 11.3. The summed E-state index contributed by atoms with van der Waals surface area (Å²) in [5.74, 6) is 0. The highest BCUT2D eigenvalue weighted by molar-refractivity contribution is 7.09. The van der Waals surface area contributed by atoms with Crippen molar-refractivity contribution < 1.29 is 0 Å². The number of benzene rings is 1. The van der Waals surface area contributed by atoms with E-state index in [9.17, 15) is 0 Å². The molecular weight excluding hydrogens is 278 g/mol. The van der Waals surface area contributed by atoms with Gasteiger partial charge in [0, 0.05) is 24.0 Å². The molecule has 3 nitrogen and oxygen atoms in total. The second kappa shape index (κ2) is 7.16. The summed E-state index contributed by atoms with van der Waals surface area (Å²) in [6.07, 6.45) is 2.34. The van der Waals surface area contributed by atoms with E-state index >= 15 is 0 Å². The van der Waals surface area contributed by atoms with Crippen molar-refractivity contribution in [3.63, 3.8) is 0 Å². The van der Waals surface area contributed by atoms with Crippen molar-refractivity contribution in [3.05, 3.63) is 52.0 Å². The van der Waals surface area contributed by atoms with Crippen LogP contribution in [-0.2, 0) is 13.0 Å². The second-order valence-electron chi connectivity index (χ2n) is 5.79. The Bertz CT molecular complexity index is 552. The monoisotopic (exact) mass is 301 g/mol. The minimum atomic E-state index is 0.545. The van der Waals surface area contributed by atoms with Gasteiger partial charge in [0.15, 0.2) is 0 Å². The number of aryl methyl sites for hydroxylation is 1. The molecule has 0 saturated carbocycles. The Hall–Kier alpha value is -1.23. The van der Waals surface area contributed by atoms with Crippen LogP contribution < -0.4 is 5.32 Å². The molecule has 0 bridgehead atoms. The van der Waals surface area contributed by atoms with Crippen molar-refractivity contribution in [2.24, 2.45) is 0 Å². The molecule has 1 saturated heterocycles. The van der Waals surface area contributed by atoms with E-state index in [0.717, 1.165) is 26.1 Å². The summed E-state index contributed by atoms with van der Waals surface area (Å²) >= 11 is 1.78. The van der Waals surface area contributed by atoms with Gasteiger partial charge in [0.25, 0.3) is 0 Å². The Balaban J connectivity index is 1.62.